The molecule has 30 heavy (non-hydrogen) atoms. The largest absolute Gasteiger partial charge is 0.453 e. The van der Waals surface area contributed by atoms with Crippen LogP contribution < -0.4 is 0 Å². The van der Waals surface area contributed by atoms with Crippen LogP contribution in [0.25, 0.3) is 0 Å². The second-order valence-electron chi connectivity index (χ2n) is 7.75. The fourth-order valence-corrected chi connectivity index (χ4v) is 5.66. The maximum atomic E-state index is 12.9. The summed E-state index contributed by atoms with van der Waals surface area (Å²) < 4.78 is 10.1. The summed E-state index contributed by atoms with van der Waals surface area (Å²) in [5.41, 5.74) is 1.15. The first-order valence-corrected chi connectivity index (χ1v) is 11.6. The number of amides is 1. The molecule has 0 aromatic heterocycles. The van der Waals surface area contributed by atoms with Crippen LogP contribution in [0.15, 0.2) is 18.2 Å². The van der Waals surface area contributed by atoms with Crippen molar-refractivity contribution < 1.29 is 24.0 Å². The number of rotatable bonds is 8. The number of nitro groups is 1. The molecule has 1 aromatic rings. The number of nitrogens with zero attached hydrogens (tertiary/aromatic N) is 2. The van der Waals surface area contributed by atoms with Gasteiger partial charge in [-0.25, -0.2) is 4.79 Å². The fraction of sp³-hybridized carbons (Fsp3) is 0.619. The maximum Gasteiger partial charge on any atom is 0.412 e. The molecule has 164 valence electrons. The predicted molar refractivity (Wildman–Crippen MR) is 118 cm³/mol. The van der Waals surface area contributed by atoms with Crippen molar-refractivity contribution >= 4 is 40.3 Å². The molecule has 3 rings (SSSR count). The van der Waals surface area contributed by atoms with E-state index in [9.17, 15) is 19.7 Å². The molecular weight excluding hydrogens is 503 g/mol. The van der Waals surface area contributed by atoms with Crippen molar-refractivity contribution in [2.45, 2.75) is 68.1 Å². The molecule has 1 saturated heterocycles. The molecule has 2 heterocycles. The van der Waals surface area contributed by atoms with Crippen molar-refractivity contribution in [3.8, 4) is 0 Å². The van der Waals surface area contributed by atoms with Gasteiger partial charge in [-0.05, 0) is 12.0 Å². The Morgan fingerprint density at radius 3 is 2.63 bits per heavy atom. The van der Waals surface area contributed by atoms with E-state index < -0.39 is 33.1 Å². The molecule has 8 nitrogen and oxygen atoms in total. The van der Waals surface area contributed by atoms with E-state index in [1.54, 1.807) is 12.1 Å². The van der Waals surface area contributed by atoms with Crippen LogP contribution in [0.1, 0.15) is 73.0 Å². The number of nitro benzene ring substituents is 1. The highest BCUT2D eigenvalue weighted by Gasteiger charge is 2.55. The molecule has 9 heteroatoms. The predicted octanol–water partition coefficient (Wildman–Crippen LogP) is 5.44. The van der Waals surface area contributed by atoms with E-state index in [2.05, 4.69) is 6.92 Å². The molecule has 2 aliphatic heterocycles. The van der Waals surface area contributed by atoms with Crippen LogP contribution in [0.2, 0.25) is 0 Å². The summed E-state index contributed by atoms with van der Waals surface area (Å²) >= 11 is 2.01. The lowest BCUT2D eigenvalue weighted by Crippen LogP contribution is -2.58. The van der Waals surface area contributed by atoms with Crippen molar-refractivity contribution in [2.75, 3.05) is 7.11 Å². The van der Waals surface area contributed by atoms with E-state index in [0.29, 0.717) is 17.5 Å². The molecule has 4 atom stereocenters. The Kier molecular flexibility index (Phi) is 7.54. The molecule has 0 N–H and O–H groups in total. The van der Waals surface area contributed by atoms with E-state index >= 15 is 0 Å². The maximum absolute atomic E-state index is 12.9. The molecule has 0 aliphatic carbocycles. The Hall–Kier alpha value is -1.91. The Morgan fingerprint density at radius 1 is 1.27 bits per heavy atom. The minimum absolute atomic E-state index is 0.0114. The molecule has 2 aliphatic rings. The third kappa shape index (κ3) is 4.26. The first-order valence-electron chi connectivity index (χ1n) is 10.4. The van der Waals surface area contributed by atoms with Crippen LogP contribution in [-0.2, 0) is 14.3 Å². The molecule has 0 unspecified atom stereocenters. The van der Waals surface area contributed by atoms with Crippen molar-refractivity contribution in [1.82, 2.24) is 4.90 Å². The minimum Gasteiger partial charge on any atom is -0.453 e. The number of benzene rings is 1. The highest BCUT2D eigenvalue weighted by molar-refractivity contribution is 14.1. The van der Waals surface area contributed by atoms with Gasteiger partial charge in [0, 0.05) is 6.07 Å². The second-order valence-corrected chi connectivity index (χ2v) is 9.09. The second kappa shape index (κ2) is 9.93. The summed E-state index contributed by atoms with van der Waals surface area (Å²) in [5.74, 6) is -0.922. The van der Waals surface area contributed by atoms with Crippen molar-refractivity contribution in [3.63, 3.8) is 0 Å². The molecule has 2 bridgehead atoms. The summed E-state index contributed by atoms with van der Waals surface area (Å²) in [6.45, 7) is 2.16. The smallest absolute Gasteiger partial charge is 0.412 e. The average Bonchev–Trinajstić information content (AvgIpc) is 2.74. The standard InChI is InChI=1S/C21H27IN2O6/c1-3-4-5-6-7-8-10-14-18-13-11-9-12-15(24(27)28)16(13)17(22)19(30-20(14)25)23(18)21(26)29-2/h9,11-12,14,17-19H,3-8,10H2,1-2H3/t14-,17+,18-,19-/m1/s1. The highest BCUT2D eigenvalue weighted by atomic mass is 127. The van der Waals surface area contributed by atoms with Crippen LogP contribution in [0.4, 0.5) is 10.5 Å². The van der Waals surface area contributed by atoms with Gasteiger partial charge in [0.05, 0.1) is 33.5 Å². The third-order valence-corrected chi connectivity index (χ3v) is 7.15. The van der Waals surface area contributed by atoms with Crippen LogP contribution in [0, 0.1) is 16.0 Å². The van der Waals surface area contributed by atoms with Crippen LogP contribution in [-0.4, -0.2) is 35.2 Å². The van der Waals surface area contributed by atoms with Gasteiger partial charge >= 0.3 is 12.1 Å². The van der Waals surface area contributed by atoms with Gasteiger partial charge in [0.25, 0.3) is 5.69 Å². The summed E-state index contributed by atoms with van der Waals surface area (Å²) in [5, 5.41) is 11.6. The zero-order chi connectivity index (χ0) is 21.8. The number of carbonyl (C=O) groups is 2. The third-order valence-electron chi connectivity index (χ3n) is 5.91. The normalized spacial score (nSPS) is 24.8. The van der Waals surface area contributed by atoms with Crippen LogP contribution in [0.3, 0.4) is 0 Å². The summed E-state index contributed by atoms with van der Waals surface area (Å²) in [4.78, 5) is 38.2. The van der Waals surface area contributed by atoms with Gasteiger partial charge in [-0.1, -0.05) is 80.2 Å². The molecule has 0 spiro atoms. The monoisotopic (exact) mass is 530 g/mol. The minimum atomic E-state index is -0.926. The number of methoxy groups -OCH3 is 1. The van der Waals surface area contributed by atoms with Gasteiger partial charge in [-0.2, -0.15) is 0 Å². The molecule has 1 fully saturated rings. The number of hydrogen-bond acceptors (Lipinski definition) is 6. The van der Waals surface area contributed by atoms with E-state index in [-0.39, 0.29) is 11.7 Å². The van der Waals surface area contributed by atoms with Crippen molar-refractivity contribution in [3.05, 3.63) is 39.4 Å². The number of unbranched alkanes of at least 4 members (excludes halogenated alkanes) is 5. The SMILES string of the molecule is CCCCCCCC[C@H]1C(=O)O[C@@H]2[C@@H](I)c3c(cccc3[N+](=O)[O-])[C@H]1N2C(=O)OC. The number of halogens is 1. The van der Waals surface area contributed by atoms with Gasteiger partial charge in [0.2, 0.25) is 0 Å². The van der Waals surface area contributed by atoms with Gasteiger partial charge < -0.3 is 9.47 Å². The molecule has 1 aromatic carbocycles. The number of esters is 1. The zero-order valence-corrected chi connectivity index (χ0v) is 19.4. The van der Waals surface area contributed by atoms with Crippen molar-refractivity contribution in [2.24, 2.45) is 5.92 Å². The Morgan fingerprint density at radius 2 is 1.97 bits per heavy atom. The topological polar surface area (TPSA) is 99.0 Å². The Labute approximate surface area is 189 Å². The van der Waals surface area contributed by atoms with E-state index in [0.717, 1.165) is 25.7 Å². The number of fused-ring (bicyclic) bond motifs is 4. The molecular formula is C21H27IN2O6. The number of carbonyl (C=O) groups excluding carboxylic acids is 2. The Balaban J connectivity index is 1.95. The van der Waals surface area contributed by atoms with E-state index in [4.69, 9.17) is 9.47 Å². The van der Waals surface area contributed by atoms with Crippen LogP contribution >= 0.6 is 22.6 Å². The summed E-state index contributed by atoms with van der Waals surface area (Å²) in [6, 6.07) is 4.22. The first-order chi connectivity index (χ1) is 14.4. The summed E-state index contributed by atoms with van der Waals surface area (Å²) in [6.07, 6.45) is 5.49. The van der Waals surface area contributed by atoms with Gasteiger partial charge in [0.1, 0.15) is 0 Å². The van der Waals surface area contributed by atoms with E-state index in [1.165, 1.54) is 30.9 Å². The first kappa shape index (κ1) is 22.8. The number of hydrogen-bond donors (Lipinski definition) is 0. The lowest BCUT2D eigenvalue weighted by atomic mass is 9.79. The van der Waals surface area contributed by atoms with Crippen LogP contribution in [0.5, 0.6) is 0 Å². The van der Waals surface area contributed by atoms with E-state index in [1.807, 2.05) is 22.6 Å². The number of ether oxygens (including phenoxy) is 2. The molecule has 1 amide bonds. The average molecular weight is 530 g/mol. The molecule has 0 saturated carbocycles. The highest BCUT2D eigenvalue weighted by Crippen LogP contribution is 2.53. The lowest BCUT2D eigenvalue weighted by molar-refractivity contribution is -0.386. The fourth-order valence-electron chi connectivity index (χ4n) is 4.49. The lowest BCUT2D eigenvalue weighted by Gasteiger charge is -2.49. The van der Waals surface area contributed by atoms with Gasteiger partial charge in [-0.3, -0.25) is 19.8 Å². The quantitative estimate of drug-likeness (QED) is 0.111. The Bertz CT molecular complexity index is 817. The summed E-state index contributed by atoms with van der Waals surface area (Å²) in [7, 11) is 1.29. The number of alkyl halides is 1. The zero-order valence-electron chi connectivity index (χ0n) is 17.2. The van der Waals surface area contributed by atoms with Gasteiger partial charge in [0.15, 0.2) is 6.23 Å². The van der Waals surface area contributed by atoms with Gasteiger partial charge in [-0.15, -0.1) is 0 Å². The molecule has 0 radical (unpaired) electrons. The van der Waals surface area contributed by atoms with Crippen molar-refractivity contribution in [1.29, 1.82) is 0 Å².